The Labute approximate surface area is 123 Å². The van der Waals surface area contributed by atoms with Gasteiger partial charge in [0.05, 0.1) is 0 Å². The van der Waals surface area contributed by atoms with Gasteiger partial charge >= 0.3 is 0 Å². The third-order valence-electron chi connectivity index (χ3n) is 4.06. The van der Waals surface area contributed by atoms with Crippen LogP contribution >= 0.6 is 23.2 Å². The van der Waals surface area contributed by atoms with E-state index >= 15 is 0 Å². The van der Waals surface area contributed by atoms with Crippen molar-refractivity contribution in [1.29, 1.82) is 0 Å². The fraction of sp³-hybridized carbons (Fsp3) is 0.692. The molecule has 0 radical (unpaired) electrons. The lowest BCUT2D eigenvalue weighted by atomic mass is 10.0. The Morgan fingerprint density at radius 2 is 1.53 bits per heavy atom. The van der Waals surface area contributed by atoms with Crippen LogP contribution in [0.15, 0.2) is 6.07 Å². The van der Waals surface area contributed by atoms with Gasteiger partial charge in [-0.05, 0) is 38.8 Å². The summed E-state index contributed by atoms with van der Waals surface area (Å²) in [6.45, 7) is 4.50. The highest BCUT2D eigenvalue weighted by atomic mass is 35.5. The molecule has 0 unspecified atom stereocenters. The van der Waals surface area contributed by atoms with E-state index in [0.717, 1.165) is 19.1 Å². The number of anilines is 1. The Kier molecular flexibility index (Phi) is 4.10. The Morgan fingerprint density at radius 3 is 2.11 bits per heavy atom. The maximum Gasteiger partial charge on any atom is 0.228 e. The van der Waals surface area contributed by atoms with Crippen molar-refractivity contribution in [2.24, 2.45) is 0 Å². The Morgan fingerprint density at radius 1 is 0.947 bits per heavy atom. The van der Waals surface area contributed by atoms with E-state index in [1.807, 2.05) is 0 Å². The van der Waals surface area contributed by atoms with Crippen molar-refractivity contribution < 1.29 is 0 Å². The average molecular weight is 301 g/mol. The summed E-state index contributed by atoms with van der Waals surface area (Å²) in [5.74, 6) is 0.664. The molecule has 2 saturated heterocycles. The number of aromatic nitrogens is 2. The molecule has 3 rings (SSSR count). The van der Waals surface area contributed by atoms with Gasteiger partial charge in [0.15, 0.2) is 0 Å². The van der Waals surface area contributed by atoms with Gasteiger partial charge in [-0.1, -0.05) is 23.2 Å². The highest BCUT2D eigenvalue weighted by Gasteiger charge is 2.27. The summed E-state index contributed by atoms with van der Waals surface area (Å²) >= 11 is 11.9. The lowest BCUT2D eigenvalue weighted by Gasteiger charge is -2.36. The van der Waals surface area contributed by atoms with E-state index in [1.54, 1.807) is 6.07 Å². The average Bonchev–Trinajstić information content (AvgIpc) is 2.91. The zero-order valence-corrected chi connectivity index (χ0v) is 12.4. The molecule has 2 aliphatic heterocycles. The fourth-order valence-electron chi connectivity index (χ4n) is 3.06. The maximum absolute atomic E-state index is 5.93. The minimum absolute atomic E-state index is 0.414. The normalized spacial score (nSPS) is 22.1. The summed E-state index contributed by atoms with van der Waals surface area (Å²) in [5, 5.41) is 0.827. The van der Waals surface area contributed by atoms with Gasteiger partial charge in [-0.2, -0.15) is 0 Å². The molecule has 6 heteroatoms. The first-order valence-corrected chi connectivity index (χ1v) is 7.67. The number of halogens is 2. The van der Waals surface area contributed by atoms with Crippen LogP contribution in [0.4, 0.5) is 5.95 Å². The van der Waals surface area contributed by atoms with E-state index < -0.39 is 0 Å². The Balaban J connectivity index is 1.63. The molecule has 104 valence electrons. The minimum atomic E-state index is 0.414. The van der Waals surface area contributed by atoms with Gasteiger partial charge in [0, 0.05) is 25.2 Å². The van der Waals surface area contributed by atoms with Gasteiger partial charge < -0.3 is 9.80 Å². The lowest BCUT2D eigenvalue weighted by Crippen LogP contribution is -2.44. The van der Waals surface area contributed by atoms with Crippen LogP contribution in [0, 0.1) is 0 Å². The molecule has 0 aromatic carbocycles. The second-order valence-corrected chi connectivity index (χ2v) is 6.05. The largest absolute Gasteiger partial charge is 0.341 e. The Bertz CT molecular complexity index is 420. The molecule has 19 heavy (non-hydrogen) atoms. The summed E-state index contributed by atoms with van der Waals surface area (Å²) < 4.78 is 0. The molecule has 0 amide bonds. The molecule has 1 aromatic rings. The minimum Gasteiger partial charge on any atom is -0.341 e. The second-order valence-electron chi connectivity index (χ2n) is 5.27. The number of likely N-dealkylation sites (tertiary alicyclic amines) is 1. The topological polar surface area (TPSA) is 32.3 Å². The molecule has 1 aromatic heterocycles. The first-order chi connectivity index (χ1) is 9.22. The molecule has 2 fully saturated rings. The lowest BCUT2D eigenvalue weighted by molar-refractivity contribution is 0.207. The number of piperidine rings is 1. The molecule has 2 aliphatic rings. The van der Waals surface area contributed by atoms with Crippen LogP contribution in [0.1, 0.15) is 25.7 Å². The SMILES string of the molecule is Clc1cc(Cl)nc(N2CCC(N3CCCC3)CC2)n1. The van der Waals surface area contributed by atoms with Crippen molar-refractivity contribution in [3.05, 3.63) is 16.4 Å². The van der Waals surface area contributed by atoms with Gasteiger partial charge in [0.25, 0.3) is 0 Å². The molecule has 0 N–H and O–H groups in total. The summed E-state index contributed by atoms with van der Waals surface area (Å²) in [6, 6.07) is 2.30. The van der Waals surface area contributed by atoms with Crippen LogP contribution < -0.4 is 4.90 Å². The van der Waals surface area contributed by atoms with Crippen molar-refractivity contribution in [3.63, 3.8) is 0 Å². The highest BCUT2D eigenvalue weighted by molar-refractivity contribution is 6.33. The van der Waals surface area contributed by atoms with Crippen LogP contribution in [0.3, 0.4) is 0 Å². The van der Waals surface area contributed by atoms with Crippen LogP contribution in [-0.4, -0.2) is 47.1 Å². The molecule has 0 saturated carbocycles. The number of nitrogens with zero attached hydrogens (tertiary/aromatic N) is 4. The van der Waals surface area contributed by atoms with Gasteiger partial charge in [0.1, 0.15) is 10.3 Å². The van der Waals surface area contributed by atoms with E-state index in [0.29, 0.717) is 16.3 Å². The van der Waals surface area contributed by atoms with Gasteiger partial charge in [-0.3, -0.25) is 0 Å². The molecule has 4 nitrogen and oxygen atoms in total. The van der Waals surface area contributed by atoms with Crippen molar-refractivity contribution >= 4 is 29.2 Å². The monoisotopic (exact) mass is 300 g/mol. The number of hydrogen-bond acceptors (Lipinski definition) is 4. The summed E-state index contributed by atoms with van der Waals surface area (Å²) in [6.07, 6.45) is 5.06. The standard InChI is InChI=1S/C13H18Cl2N4/c14-11-9-12(15)17-13(16-11)19-7-3-10(4-8-19)18-5-1-2-6-18/h9-10H,1-8H2. The third kappa shape index (κ3) is 3.12. The first-order valence-electron chi connectivity index (χ1n) is 6.91. The zero-order valence-electron chi connectivity index (χ0n) is 10.9. The van der Waals surface area contributed by atoms with Crippen molar-refractivity contribution in [3.8, 4) is 0 Å². The van der Waals surface area contributed by atoms with Gasteiger partial charge in [0.2, 0.25) is 5.95 Å². The van der Waals surface area contributed by atoms with Gasteiger partial charge in [-0.25, -0.2) is 9.97 Å². The number of hydrogen-bond donors (Lipinski definition) is 0. The number of rotatable bonds is 2. The van der Waals surface area contributed by atoms with E-state index in [4.69, 9.17) is 23.2 Å². The fourth-order valence-corrected chi connectivity index (χ4v) is 3.47. The van der Waals surface area contributed by atoms with Crippen LogP contribution in [0.5, 0.6) is 0 Å². The summed E-state index contributed by atoms with van der Waals surface area (Å²) in [7, 11) is 0. The molecule has 0 bridgehead atoms. The van der Waals surface area contributed by atoms with E-state index in [-0.39, 0.29) is 0 Å². The third-order valence-corrected chi connectivity index (χ3v) is 4.44. The summed E-state index contributed by atoms with van der Waals surface area (Å²) in [4.78, 5) is 13.3. The Hall–Kier alpha value is -0.580. The predicted octanol–water partition coefficient (Wildman–Crippen LogP) is 2.85. The van der Waals surface area contributed by atoms with Crippen molar-refractivity contribution in [1.82, 2.24) is 14.9 Å². The second kappa shape index (κ2) is 5.81. The molecule has 0 spiro atoms. The van der Waals surface area contributed by atoms with E-state index in [2.05, 4.69) is 19.8 Å². The first kappa shape index (κ1) is 13.4. The highest BCUT2D eigenvalue weighted by Crippen LogP contribution is 2.24. The quantitative estimate of drug-likeness (QED) is 0.786. The van der Waals surface area contributed by atoms with Crippen LogP contribution in [0.2, 0.25) is 10.3 Å². The molecule has 3 heterocycles. The molecular formula is C13H18Cl2N4. The summed E-state index contributed by atoms with van der Waals surface area (Å²) in [5.41, 5.74) is 0. The predicted molar refractivity (Wildman–Crippen MR) is 78.1 cm³/mol. The smallest absolute Gasteiger partial charge is 0.228 e. The van der Waals surface area contributed by atoms with Gasteiger partial charge in [-0.15, -0.1) is 0 Å². The molecule has 0 atom stereocenters. The van der Waals surface area contributed by atoms with E-state index in [9.17, 15) is 0 Å². The molecule has 0 aliphatic carbocycles. The zero-order chi connectivity index (χ0) is 13.2. The van der Waals surface area contributed by atoms with Crippen LogP contribution in [0.25, 0.3) is 0 Å². The van der Waals surface area contributed by atoms with E-state index in [1.165, 1.54) is 38.8 Å². The van der Waals surface area contributed by atoms with Crippen LogP contribution in [-0.2, 0) is 0 Å². The maximum atomic E-state index is 5.93. The molecular weight excluding hydrogens is 283 g/mol. The van der Waals surface area contributed by atoms with Crippen molar-refractivity contribution in [2.45, 2.75) is 31.7 Å². The van der Waals surface area contributed by atoms with Crippen molar-refractivity contribution in [2.75, 3.05) is 31.1 Å².